The number of ether oxygens (including phenoxy) is 1. The Morgan fingerprint density at radius 3 is 2.63 bits per heavy atom. The molecule has 1 saturated heterocycles. The van der Waals surface area contributed by atoms with E-state index in [1.54, 1.807) is 34.2 Å². The molecular formula is C29H25N5O4. The third kappa shape index (κ3) is 4.32. The highest BCUT2D eigenvalue weighted by Gasteiger charge is 2.39. The minimum absolute atomic E-state index is 0.195. The van der Waals surface area contributed by atoms with Gasteiger partial charge in [-0.05, 0) is 41.3 Å². The number of aryl methyl sites for hydroxylation is 1. The van der Waals surface area contributed by atoms with Crippen molar-refractivity contribution in [1.29, 1.82) is 0 Å². The number of piperidine rings is 1. The lowest BCUT2D eigenvalue weighted by Crippen LogP contribution is -2.52. The smallest absolute Gasteiger partial charge is 0.255 e. The van der Waals surface area contributed by atoms with Crippen molar-refractivity contribution in [3.05, 3.63) is 89.9 Å². The van der Waals surface area contributed by atoms with Gasteiger partial charge in [0.15, 0.2) is 0 Å². The lowest BCUT2D eigenvalue weighted by Gasteiger charge is -2.29. The molecule has 2 aromatic heterocycles. The lowest BCUT2D eigenvalue weighted by molar-refractivity contribution is -0.136. The molecule has 0 bridgehead atoms. The van der Waals surface area contributed by atoms with Crippen molar-refractivity contribution in [2.75, 3.05) is 0 Å². The molecule has 2 aliphatic heterocycles. The minimum Gasteiger partial charge on any atom is -0.487 e. The topological polar surface area (TPSA) is 106 Å². The Labute approximate surface area is 219 Å². The van der Waals surface area contributed by atoms with Crippen LogP contribution in [0.5, 0.6) is 5.75 Å². The number of carbonyl (C=O) groups is 3. The van der Waals surface area contributed by atoms with Crippen LogP contribution in [0.15, 0.2) is 73.2 Å². The van der Waals surface area contributed by atoms with E-state index in [0.717, 1.165) is 33.5 Å². The molecule has 1 atom stereocenters. The zero-order chi connectivity index (χ0) is 26.2. The van der Waals surface area contributed by atoms with Crippen molar-refractivity contribution in [3.8, 4) is 28.1 Å². The molecule has 1 unspecified atom stereocenters. The molecule has 3 amide bonds. The van der Waals surface area contributed by atoms with E-state index in [1.165, 1.54) is 0 Å². The van der Waals surface area contributed by atoms with Crippen molar-refractivity contribution < 1.29 is 19.1 Å². The highest BCUT2D eigenvalue weighted by molar-refractivity contribution is 6.05. The number of nitrogens with zero attached hydrogens (tertiary/aromatic N) is 4. The highest BCUT2D eigenvalue weighted by Crippen LogP contribution is 2.36. The van der Waals surface area contributed by atoms with Crippen LogP contribution in [0.2, 0.25) is 0 Å². The third-order valence-electron chi connectivity index (χ3n) is 7.01. The maximum atomic E-state index is 13.1. The standard InChI is InChI=1S/C29H25N5O4/c1-33-27(20-12-22(14-30-13-20)38-17-18-5-3-2-4-6-18)24(15-31-33)19-7-8-23-21(11-19)16-34(29(23)37)25-9-10-26(35)32-28(25)36/h2-8,11-15,25H,9-10,16-17H2,1H3,(H,32,35,36). The average Bonchev–Trinajstić information content (AvgIpc) is 3.47. The normalized spacial score (nSPS) is 16.9. The molecule has 6 rings (SSSR count). The molecule has 0 radical (unpaired) electrons. The van der Waals surface area contributed by atoms with Gasteiger partial charge in [-0.3, -0.25) is 29.4 Å². The maximum Gasteiger partial charge on any atom is 0.255 e. The molecule has 38 heavy (non-hydrogen) atoms. The average molecular weight is 508 g/mol. The molecule has 0 aliphatic carbocycles. The van der Waals surface area contributed by atoms with Crippen LogP contribution in [0.3, 0.4) is 0 Å². The van der Waals surface area contributed by atoms with Crippen LogP contribution < -0.4 is 10.1 Å². The number of fused-ring (bicyclic) bond motifs is 1. The maximum absolute atomic E-state index is 13.1. The zero-order valence-corrected chi connectivity index (χ0v) is 20.8. The largest absolute Gasteiger partial charge is 0.487 e. The number of amides is 3. The number of hydrogen-bond acceptors (Lipinski definition) is 6. The Hall–Kier alpha value is -4.79. The number of aromatic nitrogens is 3. The van der Waals surface area contributed by atoms with E-state index in [4.69, 9.17) is 4.74 Å². The van der Waals surface area contributed by atoms with Crippen LogP contribution in [0.25, 0.3) is 22.4 Å². The van der Waals surface area contributed by atoms with Gasteiger partial charge in [0.25, 0.3) is 5.91 Å². The van der Waals surface area contributed by atoms with Crippen molar-refractivity contribution in [1.82, 2.24) is 25.0 Å². The van der Waals surface area contributed by atoms with E-state index in [9.17, 15) is 14.4 Å². The number of nitrogens with one attached hydrogen (secondary N) is 1. The quantitative estimate of drug-likeness (QED) is 0.401. The summed E-state index contributed by atoms with van der Waals surface area (Å²) in [5.74, 6) is -0.261. The van der Waals surface area contributed by atoms with Gasteiger partial charge in [-0.15, -0.1) is 0 Å². The van der Waals surface area contributed by atoms with Crippen LogP contribution in [-0.4, -0.2) is 43.4 Å². The summed E-state index contributed by atoms with van der Waals surface area (Å²) in [4.78, 5) is 43.0. The van der Waals surface area contributed by atoms with Gasteiger partial charge < -0.3 is 9.64 Å². The molecule has 0 saturated carbocycles. The summed E-state index contributed by atoms with van der Waals surface area (Å²) >= 11 is 0. The second kappa shape index (κ2) is 9.59. The van der Waals surface area contributed by atoms with Crippen molar-refractivity contribution in [2.45, 2.75) is 32.0 Å². The Morgan fingerprint density at radius 2 is 1.82 bits per heavy atom. The van der Waals surface area contributed by atoms with E-state index < -0.39 is 11.9 Å². The summed E-state index contributed by atoms with van der Waals surface area (Å²) in [6, 6.07) is 16.9. The number of pyridine rings is 1. The van der Waals surface area contributed by atoms with Crippen LogP contribution in [-0.2, 0) is 29.8 Å². The predicted octanol–water partition coefficient (Wildman–Crippen LogP) is 3.49. The summed E-state index contributed by atoms with van der Waals surface area (Å²) in [5.41, 5.74) is 6.00. The molecule has 9 nitrogen and oxygen atoms in total. The molecule has 4 heterocycles. The molecule has 2 aliphatic rings. The van der Waals surface area contributed by atoms with Crippen LogP contribution in [0.1, 0.15) is 34.3 Å². The van der Waals surface area contributed by atoms with Gasteiger partial charge in [-0.2, -0.15) is 5.10 Å². The highest BCUT2D eigenvalue weighted by atomic mass is 16.5. The van der Waals surface area contributed by atoms with E-state index in [-0.39, 0.29) is 18.2 Å². The first-order valence-electron chi connectivity index (χ1n) is 12.4. The van der Waals surface area contributed by atoms with Gasteiger partial charge in [0, 0.05) is 42.9 Å². The van der Waals surface area contributed by atoms with E-state index >= 15 is 0 Å². The first kappa shape index (κ1) is 23.6. The number of hydrogen-bond donors (Lipinski definition) is 1. The molecule has 4 aromatic rings. The molecule has 0 spiro atoms. The van der Waals surface area contributed by atoms with Crippen molar-refractivity contribution in [2.24, 2.45) is 7.05 Å². The summed E-state index contributed by atoms with van der Waals surface area (Å²) < 4.78 is 7.78. The lowest BCUT2D eigenvalue weighted by atomic mass is 9.98. The fraction of sp³-hybridized carbons (Fsp3) is 0.207. The van der Waals surface area contributed by atoms with E-state index in [2.05, 4.69) is 15.4 Å². The Morgan fingerprint density at radius 1 is 0.974 bits per heavy atom. The van der Waals surface area contributed by atoms with E-state index in [0.29, 0.717) is 30.9 Å². The van der Waals surface area contributed by atoms with E-state index in [1.807, 2.05) is 55.6 Å². The van der Waals surface area contributed by atoms with Gasteiger partial charge in [0.1, 0.15) is 18.4 Å². The SMILES string of the molecule is Cn1ncc(-c2ccc3c(c2)CN(C2CCC(=O)NC2=O)C3=O)c1-c1cncc(OCc2ccccc2)c1. The summed E-state index contributed by atoms with van der Waals surface area (Å²) in [6.45, 7) is 0.751. The van der Waals surface area contributed by atoms with Gasteiger partial charge in [-0.25, -0.2) is 0 Å². The summed E-state index contributed by atoms with van der Waals surface area (Å²) in [6.07, 6.45) is 5.82. The number of carbonyl (C=O) groups excluding carboxylic acids is 3. The second-order valence-electron chi connectivity index (χ2n) is 9.49. The van der Waals surface area contributed by atoms with Gasteiger partial charge in [0.05, 0.1) is 18.1 Å². The van der Waals surface area contributed by atoms with Gasteiger partial charge in [-0.1, -0.05) is 36.4 Å². The third-order valence-corrected chi connectivity index (χ3v) is 7.01. The summed E-state index contributed by atoms with van der Waals surface area (Å²) in [5, 5.41) is 6.84. The Bertz CT molecular complexity index is 1560. The second-order valence-corrected chi connectivity index (χ2v) is 9.49. The Balaban J connectivity index is 1.27. The number of benzene rings is 2. The van der Waals surface area contributed by atoms with Crippen molar-refractivity contribution >= 4 is 17.7 Å². The zero-order valence-electron chi connectivity index (χ0n) is 20.8. The van der Waals surface area contributed by atoms with Gasteiger partial charge in [0.2, 0.25) is 11.8 Å². The fourth-order valence-corrected chi connectivity index (χ4v) is 5.10. The summed E-state index contributed by atoms with van der Waals surface area (Å²) in [7, 11) is 1.87. The Kier molecular flexibility index (Phi) is 5.95. The number of imide groups is 1. The minimum atomic E-state index is -0.644. The molecule has 9 heteroatoms. The monoisotopic (exact) mass is 507 g/mol. The van der Waals surface area contributed by atoms with Crippen molar-refractivity contribution in [3.63, 3.8) is 0 Å². The molecular weight excluding hydrogens is 482 g/mol. The van der Waals surface area contributed by atoms with Gasteiger partial charge >= 0.3 is 0 Å². The molecule has 190 valence electrons. The first-order valence-corrected chi connectivity index (χ1v) is 12.4. The van der Waals surface area contributed by atoms with Crippen LogP contribution in [0, 0.1) is 0 Å². The number of rotatable bonds is 6. The predicted molar refractivity (Wildman–Crippen MR) is 139 cm³/mol. The molecule has 2 aromatic carbocycles. The fourth-order valence-electron chi connectivity index (χ4n) is 5.10. The molecule has 1 N–H and O–H groups in total. The molecule has 1 fully saturated rings. The van der Waals surface area contributed by atoms with Crippen LogP contribution in [0.4, 0.5) is 0 Å². The first-order chi connectivity index (χ1) is 18.5. The van der Waals surface area contributed by atoms with Crippen LogP contribution >= 0.6 is 0 Å².